The van der Waals surface area contributed by atoms with Crippen molar-refractivity contribution >= 4 is 23.7 Å². The van der Waals surface area contributed by atoms with Crippen LogP contribution in [0.15, 0.2) is 55.1 Å². The summed E-state index contributed by atoms with van der Waals surface area (Å²) in [6.45, 7) is 0. The van der Waals surface area contributed by atoms with Crippen molar-refractivity contribution in [2.45, 2.75) is 24.5 Å². The van der Waals surface area contributed by atoms with Gasteiger partial charge in [-0.25, -0.2) is 14.6 Å². The number of hydrogen-bond acceptors (Lipinski definition) is 5. The monoisotopic (exact) mass is 350 g/mol. The van der Waals surface area contributed by atoms with E-state index in [4.69, 9.17) is 0 Å². The molecule has 0 aliphatic heterocycles. The lowest BCUT2D eigenvalue weighted by molar-refractivity contribution is 0.525. The molecule has 1 aromatic carbocycles. The Kier molecular flexibility index (Phi) is 4.47. The average Bonchev–Trinajstić information content (AvgIpc) is 3.30. The van der Waals surface area contributed by atoms with Gasteiger partial charge < -0.3 is 0 Å². The van der Waals surface area contributed by atoms with Gasteiger partial charge in [-0.2, -0.15) is 22.8 Å². The highest BCUT2D eigenvalue weighted by Crippen LogP contribution is 2.23. The van der Waals surface area contributed by atoms with E-state index in [1.807, 2.05) is 47.3 Å². The van der Waals surface area contributed by atoms with Gasteiger partial charge in [0, 0.05) is 22.4 Å². The van der Waals surface area contributed by atoms with Gasteiger partial charge in [0.05, 0.1) is 11.9 Å². The number of H-pyrrole nitrogens is 1. The number of aromatic nitrogens is 6. The highest BCUT2D eigenvalue weighted by atomic mass is 32.1. The first kappa shape index (κ1) is 15.8. The zero-order valence-corrected chi connectivity index (χ0v) is 14.5. The van der Waals surface area contributed by atoms with Crippen LogP contribution in [0.4, 0.5) is 0 Å². The first-order valence-electron chi connectivity index (χ1n) is 8.24. The molecule has 3 heterocycles. The minimum Gasteiger partial charge on any atom is -0.259 e. The summed E-state index contributed by atoms with van der Waals surface area (Å²) in [6.07, 6.45) is 9.18. The number of nitrogens with one attached hydrogen (secondary N) is 1. The third-order valence-electron chi connectivity index (χ3n) is 4.18. The maximum atomic E-state index is 4.40. The quantitative estimate of drug-likeness (QED) is 0.541. The van der Waals surface area contributed by atoms with E-state index in [0.29, 0.717) is 0 Å². The molecule has 1 saturated carbocycles. The van der Waals surface area contributed by atoms with Crippen LogP contribution >= 0.6 is 12.6 Å². The minimum atomic E-state index is 0.733. The van der Waals surface area contributed by atoms with Crippen LogP contribution in [-0.2, 0) is 0 Å². The van der Waals surface area contributed by atoms with Crippen molar-refractivity contribution in [1.29, 1.82) is 0 Å². The number of benzene rings is 1. The molecule has 6 nitrogen and oxygen atoms in total. The molecule has 126 valence electrons. The number of aromatic amines is 1. The number of rotatable bonds is 2. The minimum absolute atomic E-state index is 0.733. The first-order chi connectivity index (χ1) is 12.3. The second-order valence-electron chi connectivity index (χ2n) is 5.94. The maximum Gasteiger partial charge on any atom is 0.162 e. The molecule has 0 amide bonds. The van der Waals surface area contributed by atoms with Gasteiger partial charge in [0.25, 0.3) is 0 Å². The van der Waals surface area contributed by atoms with Gasteiger partial charge in [-0.15, -0.1) is 0 Å². The molecule has 0 spiro atoms. The van der Waals surface area contributed by atoms with Crippen molar-refractivity contribution in [3.8, 4) is 17.1 Å². The second kappa shape index (κ2) is 7.06. The predicted octanol–water partition coefficient (Wildman–Crippen LogP) is 3.67. The van der Waals surface area contributed by atoms with Gasteiger partial charge >= 0.3 is 0 Å². The van der Waals surface area contributed by atoms with E-state index >= 15 is 0 Å². The van der Waals surface area contributed by atoms with Crippen molar-refractivity contribution in [3.63, 3.8) is 0 Å². The Labute approximate surface area is 150 Å². The molecule has 0 saturated heterocycles. The molecule has 1 aliphatic rings. The zero-order chi connectivity index (χ0) is 17.1. The standard InChI is InChI=1S/C14H10N6.C4H8S/c1-3-10(13-16-9-17-19-13)7-12(5-1)20-14-11(8-18-20)4-2-6-15-14;5-4-2-1-3-4/h1-9H,(H,16,17,19);4-5H,1-3H2. The van der Waals surface area contributed by atoms with Gasteiger partial charge in [-0.1, -0.05) is 18.6 Å². The van der Waals surface area contributed by atoms with Gasteiger partial charge in [-0.3, -0.25) is 5.10 Å². The number of fused-ring (bicyclic) bond motifs is 1. The number of nitrogens with zero attached hydrogens (tertiary/aromatic N) is 5. The summed E-state index contributed by atoms with van der Waals surface area (Å²) in [7, 11) is 0. The van der Waals surface area contributed by atoms with Crippen LogP contribution in [0.3, 0.4) is 0 Å². The number of pyridine rings is 1. The van der Waals surface area contributed by atoms with Crippen LogP contribution in [0.5, 0.6) is 0 Å². The first-order valence-corrected chi connectivity index (χ1v) is 8.76. The lowest BCUT2D eigenvalue weighted by Gasteiger charge is -2.17. The van der Waals surface area contributed by atoms with Crippen LogP contribution in [0.25, 0.3) is 28.1 Å². The average molecular weight is 350 g/mol. The summed E-state index contributed by atoms with van der Waals surface area (Å²) in [5.74, 6) is 0.733. The van der Waals surface area contributed by atoms with E-state index in [-0.39, 0.29) is 0 Å². The van der Waals surface area contributed by atoms with Crippen LogP contribution in [-0.4, -0.2) is 35.2 Å². The van der Waals surface area contributed by atoms with E-state index in [9.17, 15) is 0 Å². The SMILES string of the molecule is SC1CCC1.c1cc(-c2ncn[nH]2)cc(-n2ncc3cccnc32)c1. The molecule has 4 aromatic rings. The van der Waals surface area contributed by atoms with Crippen LogP contribution in [0, 0.1) is 0 Å². The highest BCUT2D eigenvalue weighted by Gasteiger charge is 2.10. The molecule has 1 fully saturated rings. The Bertz CT molecular complexity index is 959. The fourth-order valence-corrected chi connectivity index (χ4v) is 2.93. The summed E-state index contributed by atoms with van der Waals surface area (Å²) in [4.78, 5) is 8.53. The lowest BCUT2D eigenvalue weighted by atomic mass is 10.0. The fraction of sp³-hybridized carbons (Fsp3) is 0.222. The van der Waals surface area contributed by atoms with Crippen LogP contribution in [0.1, 0.15) is 19.3 Å². The van der Waals surface area contributed by atoms with Crippen molar-refractivity contribution in [2.24, 2.45) is 0 Å². The lowest BCUT2D eigenvalue weighted by Crippen LogP contribution is -2.08. The Morgan fingerprint density at radius 2 is 2.00 bits per heavy atom. The maximum absolute atomic E-state index is 4.40. The van der Waals surface area contributed by atoms with Crippen molar-refractivity contribution in [1.82, 2.24) is 29.9 Å². The fourth-order valence-electron chi connectivity index (χ4n) is 2.57. The molecule has 0 bridgehead atoms. The number of hydrogen-bond donors (Lipinski definition) is 2. The molecule has 7 heteroatoms. The third-order valence-corrected chi connectivity index (χ3v) is 4.70. The zero-order valence-electron chi connectivity index (χ0n) is 13.6. The number of thiol groups is 1. The molecule has 25 heavy (non-hydrogen) atoms. The smallest absolute Gasteiger partial charge is 0.162 e. The Morgan fingerprint density at radius 1 is 1.12 bits per heavy atom. The van der Waals surface area contributed by atoms with Gasteiger partial charge in [-0.05, 0) is 37.1 Å². The van der Waals surface area contributed by atoms with Crippen molar-refractivity contribution in [2.75, 3.05) is 0 Å². The normalized spacial score (nSPS) is 14.0. The molecule has 1 aliphatic carbocycles. The van der Waals surface area contributed by atoms with Crippen molar-refractivity contribution in [3.05, 3.63) is 55.1 Å². The van der Waals surface area contributed by atoms with E-state index in [1.54, 1.807) is 6.20 Å². The van der Waals surface area contributed by atoms with E-state index in [1.165, 1.54) is 25.6 Å². The highest BCUT2D eigenvalue weighted by molar-refractivity contribution is 7.81. The van der Waals surface area contributed by atoms with E-state index in [0.717, 1.165) is 33.4 Å². The summed E-state index contributed by atoms with van der Waals surface area (Å²) < 4.78 is 1.81. The molecule has 5 rings (SSSR count). The molecule has 0 radical (unpaired) electrons. The Balaban J connectivity index is 0.000000272. The largest absolute Gasteiger partial charge is 0.259 e. The predicted molar refractivity (Wildman–Crippen MR) is 101 cm³/mol. The second-order valence-corrected chi connectivity index (χ2v) is 6.67. The Hall–Kier alpha value is -2.67. The van der Waals surface area contributed by atoms with Crippen molar-refractivity contribution < 1.29 is 0 Å². The summed E-state index contributed by atoms with van der Waals surface area (Å²) in [5, 5.41) is 12.9. The van der Waals surface area contributed by atoms with Gasteiger partial charge in [0.2, 0.25) is 0 Å². The summed E-state index contributed by atoms with van der Waals surface area (Å²) >= 11 is 4.18. The summed E-state index contributed by atoms with van der Waals surface area (Å²) in [6, 6.07) is 11.8. The topological polar surface area (TPSA) is 72.3 Å². The molecule has 0 unspecified atom stereocenters. The Morgan fingerprint density at radius 3 is 2.72 bits per heavy atom. The molecular weight excluding hydrogens is 332 g/mol. The van der Waals surface area contributed by atoms with Gasteiger partial charge in [0.15, 0.2) is 11.5 Å². The summed E-state index contributed by atoms with van der Waals surface area (Å²) in [5.41, 5.74) is 2.73. The van der Waals surface area contributed by atoms with Crippen LogP contribution in [0.2, 0.25) is 0 Å². The third kappa shape index (κ3) is 3.41. The molecule has 0 atom stereocenters. The van der Waals surface area contributed by atoms with Gasteiger partial charge in [0.1, 0.15) is 6.33 Å². The molecular formula is C18H18N6S. The molecule has 1 N–H and O–H groups in total. The van der Waals surface area contributed by atoms with E-state index in [2.05, 4.69) is 37.9 Å². The van der Waals surface area contributed by atoms with Crippen LogP contribution < -0.4 is 0 Å². The molecule has 3 aromatic heterocycles. The van der Waals surface area contributed by atoms with E-state index < -0.39 is 0 Å².